The molecule has 1 N–H and O–H groups in total. The lowest BCUT2D eigenvalue weighted by Gasteiger charge is -2.19. The topological polar surface area (TPSA) is 28.2 Å². The second-order valence-corrected chi connectivity index (χ2v) is 4.84. The minimum atomic E-state index is -0.441. The first-order valence-corrected chi connectivity index (χ1v) is 5.91. The van der Waals surface area contributed by atoms with Gasteiger partial charge in [0, 0.05) is 25.2 Å². The van der Waals surface area contributed by atoms with Crippen LogP contribution >= 0.6 is 11.6 Å². The molecule has 86 valence electrons. The number of anilines is 1. The van der Waals surface area contributed by atoms with Crippen LogP contribution in [0.4, 0.5) is 10.1 Å². The second kappa shape index (κ2) is 3.86. The molecule has 0 amide bonds. The Bertz CT molecular complexity index is 400. The van der Waals surface area contributed by atoms with Gasteiger partial charge in [-0.3, -0.25) is 0 Å². The summed E-state index contributed by atoms with van der Waals surface area (Å²) in [6.45, 7) is 3.03. The molecule has 0 saturated carbocycles. The Morgan fingerprint density at radius 1 is 1.50 bits per heavy atom. The van der Waals surface area contributed by atoms with Gasteiger partial charge >= 0.3 is 0 Å². The molecular formula is C11H13ClFN3. The van der Waals surface area contributed by atoms with E-state index in [-0.39, 0.29) is 5.15 Å². The largest absolute Gasteiger partial charge is 0.368 e. The normalized spacial score (nSPS) is 28.5. The number of aromatic nitrogens is 1. The predicted octanol–water partition coefficient (Wildman–Crippen LogP) is 1.67. The first-order chi connectivity index (χ1) is 7.74. The highest BCUT2D eigenvalue weighted by Gasteiger charge is 2.36. The summed E-state index contributed by atoms with van der Waals surface area (Å²) in [5.41, 5.74) is 0.832. The summed E-state index contributed by atoms with van der Waals surface area (Å²) in [7, 11) is 0. The zero-order chi connectivity index (χ0) is 11.1. The van der Waals surface area contributed by atoms with Crippen LogP contribution < -0.4 is 10.2 Å². The van der Waals surface area contributed by atoms with Crippen LogP contribution in [0.15, 0.2) is 12.3 Å². The van der Waals surface area contributed by atoms with Gasteiger partial charge in [0.05, 0.1) is 11.9 Å². The first-order valence-electron chi connectivity index (χ1n) is 5.53. The molecule has 3 rings (SSSR count). The summed E-state index contributed by atoms with van der Waals surface area (Å²) >= 11 is 5.57. The van der Waals surface area contributed by atoms with Gasteiger partial charge in [-0.15, -0.1) is 0 Å². The molecule has 3 heterocycles. The fourth-order valence-electron chi connectivity index (χ4n) is 2.64. The fraction of sp³-hybridized carbons (Fsp3) is 0.545. The maximum absolute atomic E-state index is 13.3. The third-order valence-electron chi connectivity index (χ3n) is 3.51. The van der Waals surface area contributed by atoms with Crippen LogP contribution in [0.3, 0.4) is 0 Å². The molecule has 0 bridgehead atoms. The van der Waals surface area contributed by atoms with Gasteiger partial charge in [-0.25, -0.2) is 9.37 Å². The van der Waals surface area contributed by atoms with Crippen molar-refractivity contribution in [3.8, 4) is 0 Å². The van der Waals surface area contributed by atoms with Crippen molar-refractivity contribution in [1.29, 1.82) is 0 Å². The summed E-state index contributed by atoms with van der Waals surface area (Å²) in [5.74, 6) is 0.253. The van der Waals surface area contributed by atoms with E-state index in [2.05, 4.69) is 15.2 Å². The van der Waals surface area contributed by atoms with E-state index in [1.165, 1.54) is 12.5 Å². The number of fused-ring (bicyclic) bond motifs is 1. The Morgan fingerprint density at radius 3 is 3.12 bits per heavy atom. The molecule has 2 aliphatic rings. The molecule has 0 spiro atoms. The second-order valence-electron chi connectivity index (χ2n) is 4.48. The number of nitrogens with one attached hydrogen (secondary N) is 1. The van der Waals surface area contributed by atoms with Crippen molar-refractivity contribution in [3.05, 3.63) is 23.2 Å². The van der Waals surface area contributed by atoms with E-state index in [1.807, 2.05) is 0 Å². The number of pyridine rings is 1. The monoisotopic (exact) mass is 241 g/mol. The van der Waals surface area contributed by atoms with E-state index in [0.717, 1.165) is 25.3 Å². The average Bonchev–Trinajstić information content (AvgIpc) is 2.81. The lowest BCUT2D eigenvalue weighted by atomic mass is 10.1. The third-order valence-corrected chi connectivity index (χ3v) is 3.79. The zero-order valence-corrected chi connectivity index (χ0v) is 9.54. The van der Waals surface area contributed by atoms with Crippen LogP contribution in [0.5, 0.6) is 0 Å². The number of nitrogens with zero attached hydrogens (tertiary/aromatic N) is 2. The van der Waals surface area contributed by atoms with Crippen molar-refractivity contribution in [2.75, 3.05) is 24.5 Å². The van der Waals surface area contributed by atoms with Crippen LogP contribution in [-0.2, 0) is 0 Å². The fourth-order valence-corrected chi connectivity index (χ4v) is 2.75. The lowest BCUT2D eigenvalue weighted by Crippen LogP contribution is -2.30. The quantitative estimate of drug-likeness (QED) is 0.759. The van der Waals surface area contributed by atoms with Crippen LogP contribution in [0.2, 0.25) is 5.15 Å². The van der Waals surface area contributed by atoms with E-state index in [9.17, 15) is 4.39 Å². The molecule has 2 saturated heterocycles. The number of hydrogen-bond donors (Lipinski definition) is 1. The summed E-state index contributed by atoms with van der Waals surface area (Å²) in [4.78, 5) is 6.02. The molecule has 2 atom stereocenters. The van der Waals surface area contributed by atoms with Crippen molar-refractivity contribution in [1.82, 2.24) is 10.3 Å². The van der Waals surface area contributed by atoms with E-state index in [4.69, 9.17) is 11.6 Å². The Hall–Kier alpha value is -0.870. The molecule has 0 unspecified atom stereocenters. The van der Waals surface area contributed by atoms with Gasteiger partial charge in [0.25, 0.3) is 0 Å². The molecule has 2 aliphatic heterocycles. The summed E-state index contributed by atoms with van der Waals surface area (Å²) in [5, 5.41) is 3.41. The first kappa shape index (κ1) is 10.3. The molecule has 5 heteroatoms. The van der Waals surface area contributed by atoms with Crippen molar-refractivity contribution in [2.24, 2.45) is 5.92 Å². The number of rotatable bonds is 1. The zero-order valence-electron chi connectivity index (χ0n) is 8.79. The molecule has 0 radical (unpaired) electrons. The van der Waals surface area contributed by atoms with Crippen LogP contribution in [0, 0.1) is 11.7 Å². The Kier molecular flexibility index (Phi) is 2.48. The highest BCUT2D eigenvalue weighted by atomic mass is 35.5. The predicted molar refractivity (Wildman–Crippen MR) is 61.3 cm³/mol. The van der Waals surface area contributed by atoms with Crippen molar-refractivity contribution >= 4 is 17.3 Å². The highest BCUT2D eigenvalue weighted by Crippen LogP contribution is 2.29. The van der Waals surface area contributed by atoms with Gasteiger partial charge in [-0.2, -0.15) is 0 Å². The smallest absolute Gasteiger partial charge is 0.164 e. The van der Waals surface area contributed by atoms with E-state index in [0.29, 0.717) is 12.0 Å². The molecule has 0 aliphatic carbocycles. The van der Waals surface area contributed by atoms with Crippen molar-refractivity contribution < 1.29 is 4.39 Å². The summed E-state index contributed by atoms with van der Waals surface area (Å²) < 4.78 is 13.3. The Morgan fingerprint density at radius 2 is 2.38 bits per heavy atom. The molecule has 0 aromatic carbocycles. The highest BCUT2D eigenvalue weighted by molar-refractivity contribution is 6.29. The van der Waals surface area contributed by atoms with Gasteiger partial charge in [0.15, 0.2) is 11.0 Å². The Balaban J connectivity index is 1.81. The average molecular weight is 242 g/mol. The summed E-state index contributed by atoms with van der Waals surface area (Å²) in [6.07, 6.45) is 2.86. The maximum Gasteiger partial charge on any atom is 0.164 e. The van der Waals surface area contributed by atoms with Gasteiger partial charge in [-0.05, 0) is 18.9 Å². The molecular weight excluding hydrogens is 229 g/mol. The van der Waals surface area contributed by atoms with Crippen molar-refractivity contribution in [2.45, 2.75) is 12.5 Å². The molecule has 3 nitrogen and oxygen atoms in total. The van der Waals surface area contributed by atoms with E-state index in [1.54, 1.807) is 6.20 Å². The van der Waals surface area contributed by atoms with Crippen LogP contribution in [0.25, 0.3) is 0 Å². The minimum absolute atomic E-state index is 0.0544. The van der Waals surface area contributed by atoms with Crippen LogP contribution in [-0.4, -0.2) is 30.7 Å². The maximum atomic E-state index is 13.3. The van der Waals surface area contributed by atoms with Gasteiger partial charge in [0.2, 0.25) is 0 Å². The van der Waals surface area contributed by atoms with E-state index < -0.39 is 5.82 Å². The third kappa shape index (κ3) is 1.66. The minimum Gasteiger partial charge on any atom is -0.368 e. The molecule has 16 heavy (non-hydrogen) atoms. The van der Waals surface area contributed by atoms with Gasteiger partial charge in [-0.1, -0.05) is 11.6 Å². The Labute approximate surface area is 98.6 Å². The molecule has 1 aromatic rings. The van der Waals surface area contributed by atoms with Gasteiger partial charge < -0.3 is 10.2 Å². The SMILES string of the molecule is Fc1cc(N2C[C@@H]3CCN[C@@H]3C2)cnc1Cl. The number of hydrogen-bond acceptors (Lipinski definition) is 3. The van der Waals surface area contributed by atoms with E-state index >= 15 is 0 Å². The van der Waals surface area contributed by atoms with Gasteiger partial charge in [0.1, 0.15) is 0 Å². The lowest BCUT2D eigenvalue weighted by molar-refractivity contribution is 0.556. The number of halogens is 2. The molecule has 2 fully saturated rings. The standard InChI is InChI=1S/C11H13ClFN3/c12-11-9(13)3-8(4-15-11)16-5-7-1-2-14-10(7)6-16/h3-4,7,10,14H,1-2,5-6H2/t7-,10+/m0/s1. The molecule has 1 aromatic heterocycles. The van der Waals surface area contributed by atoms with Crippen LogP contribution in [0.1, 0.15) is 6.42 Å². The van der Waals surface area contributed by atoms with Crippen molar-refractivity contribution in [3.63, 3.8) is 0 Å². The summed E-state index contributed by atoms with van der Waals surface area (Å²) in [6, 6.07) is 2.02.